The van der Waals surface area contributed by atoms with Gasteiger partial charge in [-0.3, -0.25) is 0 Å². The monoisotopic (exact) mass is 492 g/mol. The van der Waals surface area contributed by atoms with Crippen molar-refractivity contribution in [2.75, 3.05) is 6.61 Å². The molecule has 1 atom stereocenters. The molecule has 0 saturated carbocycles. The number of rotatable bonds is 7. The number of nitrogens with one attached hydrogen (secondary N) is 1. The summed E-state index contributed by atoms with van der Waals surface area (Å²) in [7, 11) is 0. The van der Waals surface area contributed by atoms with Crippen molar-refractivity contribution in [2.45, 2.75) is 65.3 Å². The summed E-state index contributed by atoms with van der Waals surface area (Å²) >= 11 is 0. The largest absolute Gasteiger partial charge is 0.491 e. The fraction of sp³-hybridized carbons (Fsp3) is 0.480. The minimum absolute atomic E-state index is 0.145. The van der Waals surface area contributed by atoms with Gasteiger partial charge in [0.05, 0.1) is 17.3 Å². The summed E-state index contributed by atoms with van der Waals surface area (Å²) in [5, 5.41) is 6.92. The summed E-state index contributed by atoms with van der Waals surface area (Å²) in [4.78, 5) is 16.6. The zero-order chi connectivity index (χ0) is 26.0. The summed E-state index contributed by atoms with van der Waals surface area (Å²) in [5.74, 6) is -0.183. The van der Waals surface area contributed by atoms with Crippen LogP contribution < -0.4 is 10.1 Å². The number of aromatic nitrogens is 3. The predicted octanol–water partition coefficient (Wildman–Crippen LogP) is 6.12. The van der Waals surface area contributed by atoms with Gasteiger partial charge < -0.3 is 14.8 Å². The first-order chi connectivity index (χ1) is 16.2. The molecule has 2 heterocycles. The summed E-state index contributed by atoms with van der Waals surface area (Å²) in [5.41, 5.74) is -1.36. The number of carbonyl (C=O) groups is 1. The van der Waals surface area contributed by atoms with Gasteiger partial charge in [0.2, 0.25) is 0 Å². The van der Waals surface area contributed by atoms with Gasteiger partial charge in [-0.25, -0.2) is 14.3 Å². The zero-order valence-electron chi connectivity index (χ0n) is 20.7. The minimum Gasteiger partial charge on any atom is -0.491 e. The highest BCUT2D eigenvalue weighted by molar-refractivity contribution is 5.77. The zero-order valence-corrected chi connectivity index (χ0v) is 20.7. The number of ether oxygens (including phenoxy) is 2. The van der Waals surface area contributed by atoms with Crippen LogP contribution in [0.3, 0.4) is 0 Å². The van der Waals surface area contributed by atoms with Crippen molar-refractivity contribution in [3.05, 3.63) is 48.4 Å². The predicted molar refractivity (Wildman–Crippen MR) is 126 cm³/mol. The molecule has 1 unspecified atom stereocenters. The molecule has 0 aliphatic rings. The minimum atomic E-state index is -4.66. The second-order valence-electron chi connectivity index (χ2n) is 10.2. The van der Waals surface area contributed by atoms with Crippen LogP contribution in [-0.2, 0) is 10.9 Å². The number of nitrogens with zero attached hydrogens (tertiary/aromatic N) is 3. The van der Waals surface area contributed by atoms with Crippen molar-refractivity contribution < 1.29 is 27.4 Å². The van der Waals surface area contributed by atoms with Crippen molar-refractivity contribution >= 4 is 11.7 Å². The van der Waals surface area contributed by atoms with Crippen LogP contribution in [0.2, 0.25) is 0 Å². The molecule has 0 fully saturated rings. The molecule has 35 heavy (non-hydrogen) atoms. The molecule has 3 aromatic rings. The Hall–Kier alpha value is -3.30. The fourth-order valence-electron chi connectivity index (χ4n) is 3.91. The van der Waals surface area contributed by atoms with Crippen LogP contribution >= 0.6 is 0 Å². The third-order valence-electron chi connectivity index (χ3n) is 5.08. The first kappa shape index (κ1) is 26.3. The number of benzene rings is 1. The summed E-state index contributed by atoms with van der Waals surface area (Å²) in [6.45, 7) is 10.7. The summed E-state index contributed by atoms with van der Waals surface area (Å²) in [6, 6.07) is 5.54. The number of amides is 1. The normalized spacial score (nSPS) is 14.1. The molecule has 0 spiro atoms. The lowest BCUT2D eigenvalue weighted by molar-refractivity contribution is -0.139. The van der Waals surface area contributed by atoms with E-state index in [-0.39, 0.29) is 18.3 Å². The van der Waals surface area contributed by atoms with E-state index in [0.717, 1.165) is 6.07 Å². The van der Waals surface area contributed by atoms with Crippen LogP contribution in [-0.4, -0.2) is 38.4 Å². The Morgan fingerprint density at radius 1 is 1.17 bits per heavy atom. The first-order valence-corrected chi connectivity index (χ1v) is 11.3. The van der Waals surface area contributed by atoms with Crippen molar-refractivity contribution in [3.63, 3.8) is 0 Å². The van der Waals surface area contributed by atoms with Crippen LogP contribution in [0.15, 0.2) is 42.9 Å². The van der Waals surface area contributed by atoms with E-state index in [1.165, 1.54) is 22.8 Å². The number of hydrogen-bond acceptors (Lipinski definition) is 5. The second-order valence-corrected chi connectivity index (χ2v) is 10.2. The van der Waals surface area contributed by atoms with Crippen LogP contribution in [0.5, 0.6) is 5.75 Å². The second kappa shape index (κ2) is 9.75. The van der Waals surface area contributed by atoms with Crippen molar-refractivity contribution in [1.29, 1.82) is 0 Å². The molecule has 10 heteroatoms. The van der Waals surface area contributed by atoms with Gasteiger partial charge in [0.25, 0.3) is 0 Å². The van der Waals surface area contributed by atoms with Gasteiger partial charge in [-0.05, 0) is 63.8 Å². The lowest BCUT2D eigenvalue weighted by atomic mass is 9.91. The summed E-state index contributed by atoms with van der Waals surface area (Å²) in [6.07, 6.45) is -0.148. The standard InChI is InChI=1S/C25H31F3N4O3/c1-16(2)13-24(6,31-22(33)35-23(3,4)5)15-34-20-9-8-17(12-19(20)25(26,27)28)18-14-30-32-11-7-10-29-21(18)32/h7-12,14,16H,13,15H2,1-6H3,(H,31,33). The maximum atomic E-state index is 14.0. The van der Waals surface area contributed by atoms with E-state index < -0.39 is 29.0 Å². The molecule has 7 nitrogen and oxygen atoms in total. The third kappa shape index (κ3) is 6.86. The van der Waals surface area contributed by atoms with Crippen LogP contribution in [0.4, 0.5) is 18.0 Å². The Balaban J connectivity index is 1.89. The lowest BCUT2D eigenvalue weighted by Gasteiger charge is -2.33. The molecular formula is C25H31F3N4O3. The Bertz CT molecular complexity index is 1180. The number of fused-ring (bicyclic) bond motifs is 1. The van der Waals surface area contributed by atoms with Gasteiger partial charge in [-0.1, -0.05) is 19.9 Å². The van der Waals surface area contributed by atoms with Crippen LogP contribution in [0, 0.1) is 5.92 Å². The van der Waals surface area contributed by atoms with E-state index in [1.54, 1.807) is 46.2 Å². The number of alkyl halides is 3. The molecule has 3 rings (SSSR count). The van der Waals surface area contributed by atoms with Gasteiger partial charge in [0.15, 0.2) is 5.65 Å². The highest BCUT2D eigenvalue weighted by Crippen LogP contribution is 2.39. The van der Waals surface area contributed by atoms with E-state index in [1.807, 2.05) is 13.8 Å². The average Bonchev–Trinajstić information content (AvgIpc) is 3.13. The molecule has 0 saturated heterocycles. The van der Waals surface area contributed by atoms with Gasteiger partial charge in [-0.15, -0.1) is 0 Å². The highest BCUT2D eigenvalue weighted by Gasteiger charge is 2.37. The topological polar surface area (TPSA) is 77.8 Å². The lowest BCUT2D eigenvalue weighted by Crippen LogP contribution is -2.52. The number of alkyl carbamates (subject to hydrolysis) is 1. The molecule has 0 radical (unpaired) electrons. The Kier molecular flexibility index (Phi) is 7.33. The van der Waals surface area contributed by atoms with Crippen LogP contribution in [0.25, 0.3) is 16.8 Å². The Morgan fingerprint density at radius 2 is 1.89 bits per heavy atom. The molecule has 1 amide bonds. The van der Waals surface area contributed by atoms with E-state index in [4.69, 9.17) is 9.47 Å². The third-order valence-corrected chi connectivity index (χ3v) is 5.08. The molecular weight excluding hydrogens is 461 g/mol. The molecule has 1 N–H and O–H groups in total. The smallest absolute Gasteiger partial charge is 0.419 e. The Morgan fingerprint density at radius 3 is 2.51 bits per heavy atom. The number of halogens is 3. The quantitative estimate of drug-likeness (QED) is 0.430. The van der Waals surface area contributed by atoms with Crippen LogP contribution in [0.1, 0.15) is 53.5 Å². The average molecular weight is 493 g/mol. The molecule has 1 aromatic carbocycles. The first-order valence-electron chi connectivity index (χ1n) is 11.3. The maximum Gasteiger partial charge on any atom is 0.419 e. The van der Waals surface area contributed by atoms with Gasteiger partial charge in [0.1, 0.15) is 18.0 Å². The molecule has 2 aromatic heterocycles. The van der Waals surface area contributed by atoms with E-state index in [2.05, 4.69) is 15.4 Å². The molecule has 0 bridgehead atoms. The fourth-order valence-corrected chi connectivity index (χ4v) is 3.91. The molecule has 0 aliphatic heterocycles. The van der Waals surface area contributed by atoms with Gasteiger partial charge >= 0.3 is 12.3 Å². The van der Waals surface area contributed by atoms with Crippen molar-refractivity contribution in [3.8, 4) is 16.9 Å². The van der Waals surface area contributed by atoms with Crippen molar-refractivity contribution in [2.24, 2.45) is 5.92 Å². The Labute approximate surface area is 202 Å². The van der Waals surface area contributed by atoms with Crippen molar-refractivity contribution in [1.82, 2.24) is 19.9 Å². The van der Waals surface area contributed by atoms with E-state index in [0.29, 0.717) is 23.2 Å². The SMILES string of the molecule is CC(C)CC(C)(COc1ccc(-c2cnn3cccnc23)cc1C(F)(F)F)NC(=O)OC(C)(C)C. The molecule has 190 valence electrons. The maximum absolute atomic E-state index is 14.0. The van der Waals surface area contributed by atoms with Gasteiger partial charge in [-0.2, -0.15) is 18.3 Å². The summed E-state index contributed by atoms with van der Waals surface area (Å²) < 4.78 is 54.5. The molecule has 0 aliphatic carbocycles. The van der Waals surface area contributed by atoms with E-state index in [9.17, 15) is 18.0 Å². The van der Waals surface area contributed by atoms with Gasteiger partial charge in [0, 0.05) is 18.0 Å². The number of carbonyl (C=O) groups excluding carboxylic acids is 1. The number of hydrogen-bond donors (Lipinski definition) is 1. The highest BCUT2D eigenvalue weighted by atomic mass is 19.4. The van der Waals surface area contributed by atoms with E-state index >= 15 is 0 Å².